The Labute approximate surface area is 137 Å². The maximum atomic E-state index is 12.3. The number of anilines is 1. The van der Waals surface area contributed by atoms with Gasteiger partial charge in [0, 0.05) is 12.1 Å². The summed E-state index contributed by atoms with van der Waals surface area (Å²) in [5, 5.41) is 11.6. The van der Waals surface area contributed by atoms with Gasteiger partial charge in [-0.05, 0) is 43.4 Å². The molecule has 0 saturated heterocycles. The Balaban J connectivity index is 1.86. The predicted octanol–water partition coefficient (Wildman–Crippen LogP) is 3.38. The van der Waals surface area contributed by atoms with Crippen LogP contribution in [0.25, 0.3) is 0 Å². The topological polar surface area (TPSA) is 75.6 Å². The third kappa shape index (κ3) is 5.67. The second-order valence-electron chi connectivity index (χ2n) is 6.02. The maximum absolute atomic E-state index is 12.3. The van der Waals surface area contributed by atoms with Crippen molar-refractivity contribution < 1.29 is 19.4 Å². The van der Waals surface area contributed by atoms with Crippen LogP contribution < -0.4 is 5.32 Å². The first-order chi connectivity index (χ1) is 11.1. The molecular formula is C18H25NO4. The summed E-state index contributed by atoms with van der Waals surface area (Å²) in [6, 6.07) is 7.30. The first-order valence-corrected chi connectivity index (χ1v) is 8.35. The maximum Gasteiger partial charge on any atom is 0.303 e. The molecular weight excluding hydrogens is 294 g/mol. The van der Waals surface area contributed by atoms with Gasteiger partial charge in [-0.2, -0.15) is 0 Å². The highest BCUT2D eigenvalue weighted by Gasteiger charge is 2.24. The number of benzene rings is 1. The number of hydrogen-bond acceptors (Lipinski definition) is 3. The van der Waals surface area contributed by atoms with Gasteiger partial charge in [-0.1, -0.05) is 31.9 Å². The Morgan fingerprint density at radius 1 is 1.26 bits per heavy atom. The van der Waals surface area contributed by atoms with E-state index in [1.54, 1.807) is 12.1 Å². The second kappa shape index (κ2) is 8.67. The Morgan fingerprint density at radius 2 is 1.91 bits per heavy atom. The largest absolute Gasteiger partial charge is 0.481 e. The average molecular weight is 319 g/mol. The fourth-order valence-corrected chi connectivity index (χ4v) is 2.83. The van der Waals surface area contributed by atoms with Crippen LogP contribution in [0.4, 0.5) is 5.69 Å². The Hall–Kier alpha value is -1.88. The molecule has 23 heavy (non-hydrogen) atoms. The van der Waals surface area contributed by atoms with Crippen molar-refractivity contribution in [1.29, 1.82) is 0 Å². The zero-order valence-corrected chi connectivity index (χ0v) is 13.6. The molecule has 1 aromatic rings. The number of aryl methyl sites for hydroxylation is 1. The van der Waals surface area contributed by atoms with Crippen molar-refractivity contribution in [3.8, 4) is 0 Å². The minimum Gasteiger partial charge on any atom is -0.481 e. The van der Waals surface area contributed by atoms with Crippen molar-refractivity contribution in [3.05, 3.63) is 29.8 Å². The molecule has 0 aliphatic heterocycles. The molecule has 0 aromatic heterocycles. The van der Waals surface area contributed by atoms with E-state index in [9.17, 15) is 9.59 Å². The van der Waals surface area contributed by atoms with E-state index in [2.05, 4.69) is 5.32 Å². The van der Waals surface area contributed by atoms with Gasteiger partial charge in [0.15, 0.2) is 0 Å². The predicted molar refractivity (Wildman–Crippen MR) is 88.4 cm³/mol. The molecule has 1 atom stereocenters. The lowest BCUT2D eigenvalue weighted by molar-refractivity contribution is -0.137. The lowest BCUT2D eigenvalue weighted by Crippen LogP contribution is -2.32. The molecule has 126 valence electrons. The number of carboxylic acid groups (broad SMARTS) is 1. The third-order valence-electron chi connectivity index (χ3n) is 4.17. The van der Waals surface area contributed by atoms with Gasteiger partial charge in [0.2, 0.25) is 0 Å². The minimum atomic E-state index is -0.808. The van der Waals surface area contributed by atoms with Crippen molar-refractivity contribution >= 4 is 17.6 Å². The molecule has 1 amide bonds. The lowest BCUT2D eigenvalue weighted by Gasteiger charge is -2.20. The zero-order chi connectivity index (χ0) is 16.7. The van der Waals surface area contributed by atoms with Crippen LogP contribution in [0.1, 0.15) is 51.0 Å². The number of carbonyl (C=O) groups is 2. The molecule has 2 rings (SSSR count). The monoisotopic (exact) mass is 319 g/mol. The van der Waals surface area contributed by atoms with E-state index in [0.29, 0.717) is 18.5 Å². The fraction of sp³-hybridized carbons (Fsp3) is 0.556. The van der Waals surface area contributed by atoms with Crippen LogP contribution in [-0.2, 0) is 20.7 Å². The summed E-state index contributed by atoms with van der Waals surface area (Å²) in [4.78, 5) is 22.9. The van der Waals surface area contributed by atoms with E-state index in [0.717, 1.165) is 18.4 Å². The van der Waals surface area contributed by atoms with E-state index in [4.69, 9.17) is 9.84 Å². The molecule has 1 aliphatic carbocycles. The zero-order valence-electron chi connectivity index (χ0n) is 13.6. The van der Waals surface area contributed by atoms with E-state index in [-0.39, 0.29) is 18.4 Å². The molecule has 0 heterocycles. The standard InChI is InChI=1S/C18H25NO4/c1-2-16(23-15-5-3-4-6-15)18(22)19-14-10-7-13(8-11-14)9-12-17(20)21/h7-8,10-11,15-16H,2-6,9,12H2,1H3,(H,19,22)(H,20,21). The summed E-state index contributed by atoms with van der Waals surface area (Å²) >= 11 is 0. The number of hydrogen-bond donors (Lipinski definition) is 2. The van der Waals surface area contributed by atoms with E-state index in [1.807, 2.05) is 19.1 Å². The van der Waals surface area contributed by atoms with Crippen molar-refractivity contribution in [2.75, 3.05) is 5.32 Å². The molecule has 0 spiro atoms. The summed E-state index contributed by atoms with van der Waals surface area (Å²) in [6.45, 7) is 1.95. The summed E-state index contributed by atoms with van der Waals surface area (Å²) in [7, 11) is 0. The van der Waals surface area contributed by atoms with Crippen LogP contribution in [0, 0.1) is 0 Å². The molecule has 0 radical (unpaired) electrons. The quantitative estimate of drug-likeness (QED) is 0.770. The minimum absolute atomic E-state index is 0.110. The molecule has 5 nitrogen and oxygen atoms in total. The van der Waals surface area contributed by atoms with Crippen molar-refractivity contribution in [2.45, 2.75) is 64.1 Å². The van der Waals surface area contributed by atoms with Crippen molar-refractivity contribution in [3.63, 3.8) is 0 Å². The molecule has 1 aromatic carbocycles. The SMILES string of the molecule is CCC(OC1CCCC1)C(=O)Nc1ccc(CCC(=O)O)cc1. The molecule has 1 aliphatic rings. The molecule has 5 heteroatoms. The van der Waals surface area contributed by atoms with Gasteiger partial charge in [-0.3, -0.25) is 9.59 Å². The smallest absolute Gasteiger partial charge is 0.303 e. The Kier molecular flexibility index (Phi) is 6.59. The second-order valence-corrected chi connectivity index (χ2v) is 6.02. The number of carbonyl (C=O) groups excluding carboxylic acids is 1. The number of rotatable bonds is 8. The number of carboxylic acids is 1. The highest BCUT2D eigenvalue weighted by Crippen LogP contribution is 2.23. The third-order valence-corrected chi connectivity index (χ3v) is 4.17. The van der Waals surface area contributed by atoms with Gasteiger partial charge in [-0.25, -0.2) is 0 Å². The van der Waals surface area contributed by atoms with Crippen molar-refractivity contribution in [1.82, 2.24) is 0 Å². The first kappa shape index (κ1) is 17.5. The van der Waals surface area contributed by atoms with Gasteiger partial charge >= 0.3 is 5.97 Å². The fourth-order valence-electron chi connectivity index (χ4n) is 2.83. The first-order valence-electron chi connectivity index (χ1n) is 8.35. The van der Waals surface area contributed by atoms with Gasteiger partial charge in [-0.15, -0.1) is 0 Å². The normalized spacial score (nSPS) is 16.2. The number of ether oxygens (including phenoxy) is 1. The van der Waals surface area contributed by atoms with Crippen LogP contribution in [0.2, 0.25) is 0 Å². The molecule has 1 unspecified atom stereocenters. The molecule has 0 bridgehead atoms. The summed E-state index contributed by atoms with van der Waals surface area (Å²) in [5.74, 6) is -0.921. The lowest BCUT2D eigenvalue weighted by atomic mass is 10.1. The summed E-state index contributed by atoms with van der Waals surface area (Å²) < 4.78 is 5.91. The van der Waals surface area contributed by atoms with Gasteiger partial charge in [0.25, 0.3) is 5.91 Å². The van der Waals surface area contributed by atoms with Crippen molar-refractivity contribution in [2.24, 2.45) is 0 Å². The number of aliphatic carboxylic acids is 1. The van der Waals surface area contributed by atoms with E-state index < -0.39 is 12.1 Å². The highest BCUT2D eigenvalue weighted by atomic mass is 16.5. The number of amides is 1. The molecule has 2 N–H and O–H groups in total. The van der Waals surface area contributed by atoms with Crippen LogP contribution in [0.5, 0.6) is 0 Å². The summed E-state index contributed by atoms with van der Waals surface area (Å²) in [6.07, 6.45) is 5.50. The van der Waals surface area contributed by atoms with Crippen LogP contribution in [0.3, 0.4) is 0 Å². The van der Waals surface area contributed by atoms with Gasteiger partial charge in [0.1, 0.15) is 6.10 Å². The highest BCUT2D eigenvalue weighted by molar-refractivity contribution is 5.94. The Bertz CT molecular complexity index is 520. The van der Waals surface area contributed by atoms with Crippen LogP contribution in [-0.4, -0.2) is 29.2 Å². The van der Waals surface area contributed by atoms with Gasteiger partial charge < -0.3 is 15.2 Å². The number of nitrogens with one attached hydrogen (secondary N) is 1. The van der Waals surface area contributed by atoms with Gasteiger partial charge in [0.05, 0.1) is 6.10 Å². The Morgan fingerprint density at radius 3 is 2.48 bits per heavy atom. The van der Waals surface area contributed by atoms with Crippen LogP contribution in [0.15, 0.2) is 24.3 Å². The van der Waals surface area contributed by atoms with E-state index >= 15 is 0 Å². The summed E-state index contributed by atoms with van der Waals surface area (Å²) in [5.41, 5.74) is 1.65. The van der Waals surface area contributed by atoms with Crippen LogP contribution >= 0.6 is 0 Å². The molecule has 1 fully saturated rings. The average Bonchev–Trinajstić information content (AvgIpc) is 3.05. The molecule has 1 saturated carbocycles. The van der Waals surface area contributed by atoms with E-state index in [1.165, 1.54) is 12.8 Å².